The molecule has 0 unspecified atom stereocenters. The minimum Gasteiger partial charge on any atom is -0.360 e. The van der Waals surface area contributed by atoms with E-state index in [1.54, 1.807) is 36.4 Å². The number of tetrazole rings is 1. The number of hydrogen-bond donors (Lipinski definition) is 3. The number of rotatable bonds is 6. The van der Waals surface area contributed by atoms with Gasteiger partial charge in [0.15, 0.2) is 0 Å². The second-order valence-electron chi connectivity index (χ2n) is 5.40. The first-order valence-corrected chi connectivity index (χ1v) is 7.89. The van der Waals surface area contributed by atoms with Crippen LogP contribution in [0.2, 0.25) is 0 Å². The molecule has 0 atom stereocenters. The molecule has 9 heteroatoms. The molecule has 0 radical (unpaired) electrons. The van der Waals surface area contributed by atoms with Crippen LogP contribution < -0.4 is 10.6 Å². The van der Waals surface area contributed by atoms with E-state index in [1.807, 2.05) is 6.07 Å². The van der Waals surface area contributed by atoms with Crippen LogP contribution in [0.1, 0.15) is 21.7 Å². The van der Waals surface area contributed by atoms with Crippen molar-refractivity contribution in [2.24, 2.45) is 0 Å². The molecule has 2 aromatic carbocycles. The second kappa shape index (κ2) is 8.35. The van der Waals surface area contributed by atoms with Crippen molar-refractivity contribution in [1.29, 1.82) is 5.26 Å². The summed E-state index contributed by atoms with van der Waals surface area (Å²) in [6.45, 7) is 0.260. The number of nitriles is 1. The van der Waals surface area contributed by atoms with Gasteiger partial charge in [0.2, 0.25) is 5.82 Å². The molecule has 0 aliphatic heterocycles. The number of nitrogens with one attached hydrogen (secondary N) is 3. The highest BCUT2D eigenvalue weighted by molar-refractivity contribution is 5.99. The average Bonchev–Trinajstić information content (AvgIpc) is 3.23. The lowest BCUT2D eigenvalue weighted by Gasteiger charge is -2.10. The van der Waals surface area contributed by atoms with Crippen molar-refractivity contribution in [2.45, 2.75) is 6.54 Å². The Labute approximate surface area is 153 Å². The van der Waals surface area contributed by atoms with Crippen LogP contribution in [0.4, 0.5) is 10.1 Å². The van der Waals surface area contributed by atoms with E-state index in [2.05, 4.69) is 31.3 Å². The van der Waals surface area contributed by atoms with Gasteiger partial charge in [0, 0.05) is 12.7 Å². The molecular weight excluding hydrogens is 349 g/mol. The molecule has 8 nitrogen and oxygen atoms in total. The number of carbonyl (C=O) groups excluding carboxylic acids is 1. The van der Waals surface area contributed by atoms with Crippen molar-refractivity contribution in [3.05, 3.63) is 77.5 Å². The van der Waals surface area contributed by atoms with Crippen molar-refractivity contribution in [3.8, 4) is 6.07 Å². The number of H-pyrrole nitrogens is 1. The highest BCUT2D eigenvalue weighted by Gasteiger charge is 2.11. The Morgan fingerprint density at radius 1 is 1.22 bits per heavy atom. The Hall–Kier alpha value is -4.06. The van der Waals surface area contributed by atoms with Crippen LogP contribution in [0.15, 0.2) is 54.7 Å². The van der Waals surface area contributed by atoms with Gasteiger partial charge >= 0.3 is 0 Å². The Kier molecular flexibility index (Phi) is 5.49. The smallest absolute Gasteiger partial charge is 0.253 e. The summed E-state index contributed by atoms with van der Waals surface area (Å²) in [5, 5.41) is 28.1. The first-order valence-electron chi connectivity index (χ1n) is 7.89. The number of halogens is 1. The molecule has 0 fully saturated rings. The maximum absolute atomic E-state index is 12.9. The van der Waals surface area contributed by atoms with Crippen LogP contribution in [0, 0.1) is 17.1 Å². The van der Waals surface area contributed by atoms with E-state index in [0.717, 1.165) is 5.56 Å². The van der Waals surface area contributed by atoms with Crippen LogP contribution in [0.5, 0.6) is 0 Å². The molecule has 1 heterocycles. The summed E-state index contributed by atoms with van der Waals surface area (Å²) in [5.41, 5.74) is 1.83. The van der Waals surface area contributed by atoms with E-state index >= 15 is 0 Å². The van der Waals surface area contributed by atoms with E-state index in [4.69, 9.17) is 0 Å². The number of para-hydroxylation sites is 1. The summed E-state index contributed by atoms with van der Waals surface area (Å²) in [4.78, 5) is 12.5. The minimum absolute atomic E-state index is 0.142. The van der Waals surface area contributed by atoms with Crippen LogP contribution in [0.3, 0.4) is 0 Å². The molecule has 1 amide bonds. The van der Waals surface area contributed by atoms with E-state index in [1.165, 1.54) is 18.3 Å². The number of benzene rings is 2. The molecule has 3 N–H and O–H groups in total. The first-order chi connectivity index (χ1) is 13.2. The van der Waals surface area contributed by atoms with Crippen LogP contribution >= 0.6 is 0 Å². The second-order valence-corrected chi connectivity index (χ2v) is 5.40. The summed E-state index contributed by atoms with van der Waals surface area (Å²) >= 11 is 0. The lowest BCUT2D eigenvalue weighted by atomic mass is 10.1. The molecule has 0 bridgehead atoms. The van der Waals surface area contributed by atoms with Crippen LogP contribution in [0.25, 0.3) is 5.57 Å². The van der Waals surface area contributed by atoms with Crippen LogP contribution in [-0.2, 0) is 6.54 Å². The Morgan fingerprint density at radius 3 is 2.70 bits per heavy atom. The summed E-state index contributed by atoms with van der Waals surface area (Å²) in [5.74, 6) is -0.501. The van der Waals surface area contributed by atoms with Gasteiger partial charge in [-0.15, -0.1) is 10.2 Å². The van der Waals surface area contributed by atoms with Gasteiger partial charge in [-0.25, -0.2) is 4.39 Å². The molecule has 27 heavy (non-hydrogen) atoms. The molecule has 0 spiro atoms. The van der Waals surface area contributed by atoms with Crippen molar-refractivity contribution in [1.82, 2.24) is 25.9 Å². The minimum atomic E-state index is -0.332. The number of carbonyl (C=O) groups is 1. The number of amides is 1. The van der Waals surface area contributed by atoms with Gasteiger partial charge in [0.1, 0.15) is 17.5 Å². The Balaban J connectivity index is 1.72. The molecular formula is C18H14FN7O. The molecule has 0 aliphatic carbocycles. The van der Waals surface area contributed by atoms with Gasteiger partial charge in [-0.05, 0) is 35.0 Å². The van der Waals surface area contributed by atoms with E-state index in [9.17, 15) is 14.4 Å². The van der Waals surface area contributed by atoms with Gasteiger partial charge in [-0.1, -0.05) is 24.3 Å². The lowest BCUT2D eigenvalue weighted by molar-refractivity contribution is 0.0951. The third-order valence-electron chi connectivity index (χ3n) is 3.62. The largest absolute Gasteiger partial charge is 0.360 e. The highest BCUT2D eigenvalue weighted by Crippen LogP contribution is 2.17. The molecule has 1 aromatic heterocycles. The molecule has 3 aromatic rings. The zero-order valence-electron chi connectivity index (χ0n) is 14.0. The van der Waals surface area contributed by atoms with E-state index in [-0.39, 0.29) is 29.7 Å². The number of aromatic nitrogens is 4. The first kappa shape index (κ1) is 17.8. The number of allylic oxidation sites excluding steroid dienone is 1. The van der Waals surface area contributed by atoms with Crippen molar-refractivity contribution in [2.75, 3.05) is 5.32 Å². The number of aromatic amines is 1. The molecule has 0 saturated heterocycles. The maximum atomic E-state index is 12.9. The Bertz CT molecular complexity index is 991. The zero-order valence-corrected chi connectivity index (χ0v) is 14.0. The third kappa shape index (κ3) is 4.52. The van der Waals surface area contributed by atoms with Crippen molar-refractivity contribution < 1.29 is 9.18 Å². The molecule has 134 valence electrons. The van der Waals surface area contributed by atoms with E-state index < -0.39 is 0 Å². The summed E-state index contributed by atoms with van der Waals surface area (Å²) < 4.78 is 12.9. The Morgan fingerprint density at radius 2 is 2.00 bits per heavy atom. The predicted octanol–water partition coefficient (Wildman–Crippen LogP) is 2.25. The molecule has 0 saturated carbocycles. The molecule has 0 aliphatic rings. The van der Waals surface area contributed by atoms with E-state index in [0.29, 0.717) is 11.3 Å². The van der Waals surface area contributed by atoms with Gasteiger partial charge in [0.05, 0.1) is 11.3 Å². The van der Waals surface area contributed by atoms with Crippen molar-refractivity contribution >= 4 is 17.2 Å². The quantitative estimate of drug-likeness (QED) is 0.578. The topological polar surface area (TPSA) is 119 Å². The van der Waals surface area contributed by atoms with Gasteiger partial charge in [-0.2, -0.15) is 10.5 Å². The van der Waals surface area contributed by atoms with Crippen LogP contribution in [-0.4, -0.2) is 26.5 Å². The lowest BCUT2D eigenvalue weighted by Crippen LogP contribution is -2.23. The third-order valence-corrected chi connectivity index (χ3v) is 3.62. The fraction of sp³-hybridized carbons (Fsp3) is 0.0556. The number of hydrogen-bond acceptors (Lipinski definition) is 6. The van der Waals surface area contributed by atoms with Gasteiger partial charge in [0.25, 0.3) is 5.91 Å². The van der Waals surface area contributed by atoms with Gasteiger partial charge in [-0.3, -0.25) is 4.79 Å². The molecule has 3 rings (SSSR count). The fourth-order valence-corrected chi connectivity index (χ4v) is 2.26. The monoisotopic (exact) mass is 363 g/mol. The zero-order chi connectivity index (χ0) is 19.1. The summed E-state index contributed by atoms with van der Waals surface area (Å²) in [6, 6.07) is 14.7. The summed E-state index contributed by atoms with van der Waals surface area (Å²) in [7, 11) is 0. The summed E-state index contributed by atoms with van der Waals surface area (Å²) in [6.07, 6.45) is 1.40. The van der Waals surface area contributed by atoms with Crippen molar-refractivity contribution in [3.63, 3.8) is 0 Å². The average molecular weight is 363 g/mol. The standard InChI is InChI=1S/C18H14FN7O/c19-14-7-5-12(6-8-14)10-22-18(27)15-3-1-2-4-16(15)21-11-13(9-20)17-23-25-26-24-17/h1-8,11,21H,10H2,(H,22,27)(H,23,24,25,26). The highest BCUT2D eigenvalue weighted by atomic mass is 19.1. The predicted molar refractivity (Wildman–Crippen MR) is 95.4 cm³/mol. The number of anilines is 1. The normalized spacial score (nSPS) is 10.9. The van der Waals surface area contributed by atoms with Gasteiger partial charge < -0.3 is 10.6 Å². The SMILES string of the molecule is N#CC(=CNc1ccccc1C(=O)NCc1ccc(F)cc1)c1nn[nH]n1. The fourth-order valence-electron chi connectivity index (χ4n) is 2.26. The maximum Gasteiger partial charge on any atom is 0.253 e. The number of nitrogens with zero attached hydrogens (tertiary/aromatic N) is 4.